The van der Waals surface area contributed by atoms with Crippen molar-refractivity contribution in [2.75, 3.05) is 26.7 Å². The summed E-state index contributed by atoms with van der Waals surface area (Å²) in [6.45, 7) is 2.24. The van der Waals surface area contributed by atoms with E-state index in [2.05, 4.69) is 38.5 Å². The van der Waals surface area contributed by atoms with Gasteiger partial charge in [0.1, 0.15) is 12.4 Å². The Balaban J connectivity index is 1.35. The second-order valence-electron chi connectivity index (χ2n) is 11.5. The molecule has 2 aliphatic heterocycles. The monoisotopic (exact) mass is 643 g/mol. The number of carboxylic acids is 1. The molecule has 1 saturated heterocycles. The van der Waals surface area contributed by atoms with Crippen molar-refractivity contribution in [3.05, 3.63) is 105 Å². The Kier molecular flexibility index (Phi) is 9.00. The van der Waals surface area contributed by atoms with Gasteiger partial charge < -0.3 is 14.9 Å². The van der Waals surface area contributed by atoms with Gasteiger partial charge in [-0.2, -0.15) is 4.68 Å². The highest BCUT2D eigenvalue weighted by Gasteiger charge is 2.37. The van der Waals surface area contributed by atoms with Gasteiger partial charge in [0.2, 0.25) is 5.91 Å². The normalized spacial score (nSPS) is 17.3. The van der Waals surface area contributed by atoms with E-state index in [1.807, 2.05) is 12.1 Å². The number of hydrogen-bond donors (Lipinski definition) is 1. The summed E-state index contributed by atoms with van der Waals surface area (Å²) in [5.41, 5.74) is 3.76. The standard InChI is InChI=1S/C33H31ClFN7O4/c1-40-14-11-20(12-15-40)23-3-2-4-25-24(23)13-16-41(32(25)29(43)17-22-6-5-21(18-36-22)33(45)46)30(44)10-7-26-28(42-19-37-38-39-42)9-8-27(34)31(26)35/h2-10,18-20,32H,11-17H2,1H3,(H,45,46)/b10-7+/t32-/m0/s1. The van der Waals surface area contributed by atoms with Gasteiger partial charge in [-0.05, 0) is 103 Å². The minimum absolute atomic E-state index is 0.0122. The SMILES string of the molecule is CN1CCC(c2cccc3c2CCN(C(=O)/C=C/c2c(-n4cnnn4)ccc(Cl)c2F)[C@@H]3C(=O)Cc2ccc(C(=O)O)cn2)CC1. The van der Waals surface area contributed by atoms with E-state index in [0.717, 1.165) is 37.1 Å². The van der Waals surface area contributed by atoms with Crippen molar-refractivity contribution in [2.45, 2.75) is 37.6 Å². The van der Waals surface area contributed by atoms with Crippen molar-refractivity contribution in [2.24, 2.45) is 0 Å². The molecule has 0 spiro atoms. The van der Waals surface area contributed by atoms with Crippen molar-refractivity contribution < 1.29 is 23.9 Å². The summed E-state index contributed by atoms with van der Waals surface area (Å²) in [6, 6.07) is 10.9. The molecule has 0 unspecified atom stereocenters. The number of aromatic nitrogens is 5. The Hall–Kier alpha value is -4.81. The van der Waals surface area contributed by atoms with Crippen LogP contribution in [0.25, 0.3) is 11.8 Å². The molecular weight excluding hydrogens is 613 g/mol. The van der Waals surface area contributed by atoms with Gasteiger partial charge in [-0.25, -0.2) is 9.18 Å². The molecule has 0 radical (unpaired) electrons. The number of aromatic carboxylic acids is 1. The van der Waals surface area contributed by atoms with Crippen molar-refractivity contribution >= 4 is 35.3 Å². The van der Waals surface area contributed by atoms with E-state index in [4.69, 9.17) is 11.6 Å². The van der Waals surface area contributed by atoms with E-state index < -0.39 is 23.7 Å². The summed E-state index contributed by atoms with van der Waals surface area (Å²) >= 11 is 6.07. The van der Waals surface area contributed by atoms with Crippen LogP contribution in [0.15, 0.2) is 61.1 Å². The third-order valence-electron chi connectivity index (χ3n) is 8.73. The maximum atomic E-state index is 15.2. The molecule has 4 heterocycles. The number of piperidine rings is 1. The Morgan fingerprint density at radius 2 is 1.85 bits per heavy atom. The lowest BCUT2D eigenvalue weighted by atomic mass is 9.79. The number of carbonyl (C=O) groups is 3. The van der Waals surface area contributed by atoms with Gasteiger partial charge in [-0.3, -0.25) is 14.6 Å². The maximum absolute atomic E-state index is 15.2. The molecule has 11 nitrogen and oxygen atoms in total. The Bertz CT molecular complexity index is 1810. The molecule has 1 N–H and O–H groups in total. The Labute approximate surface area is 269 Å². The first-order valence-electron chi connectivity index (χ1n) is 14.9. The number of pyridine rings is 1. The number of benzene rings is 2. The zero-order valence-electron chi connectivity index (χ0n) is 25.0. The van der Waals surface area contributed by atoms with Gasteiger partial charge in [0, 0.05) is 30.1 Å². The van der Waals surface area contributed by atoms with Crippen LogP contribution in [0.2, 0.25) is 5.02 Å². The van der Waals surface area contributed by atoms with Gasteiger partial charge >= 0.3 is 5.97 Å². The molecular formula is C33H31ClFN7O4. The zero-order chi connectivity index (χ0) is 32.4. The molecule has 2 aromatic carbocycles. The number of rotatable bonds is 8. The first-order valence-corrected chi connectivity index (χ1v) is 15.3. The number of carboxylic acid groups (broad SMARTS) is 1. The topological polar surface area (TPSA) is 134 Å². The fraction of sp³-hybridized carbons (Fsp3) is 0.303. The lowest BCUT2D eigenvalue weighted by molar-refractivity contribution is -0.136. The average Bonchev–Trinajstić information content (AvgIpc) is 3.60. The van der Waals surface area contributed by atoms with E-state index in [0.29, 0.717) is 18.0 Å². The van der Waals surface area contributed by atoms with Crippen LogP contribution in [0.3, 0.4) is 0 Å². The minimum atomic E-state index is -1.11. The van der Waals surface area contributed by atoms with Crippen LogP contribution < -0.4 is 0 Å². The van der Waals surface area contributed by atoms with Gasteiger partial charge in [0.05, 0.1) is 22.7 Å². The van der Waals surface area contributed by atoms with Gasteiger partial charge in [0.25, 0.3) is 0 Å². The number of halogens is 2. The van der Waals surface area contributed by atoms with Gasteiger partial charge in [0.15, 0.2) is 11.6 Å². The van der Waals surface area contributed by atoms with Crippen LogP contribution >= 0.6 is 11.6 Å². The molecule has 46 heavy (non-hydrogen) atoms. The number of tetrazole rings is 1. The quantitative estimate of drug-likeness (QED) is 0.279. The summed E-state index contributed by atoms with van der Waals surface area (Å²) in [5, 5.41) is 20.2. The molecule has 6 rings (SSSR count). The predicted octanol–water partition coefficient (Wildman–Crippen LogP) is 4.31. The van der Waals surface area contributed by atoms with Crippen LogP contribution in [0.4, 0.5) is 4.39 Å². The molecule has 0 saturated carbocycles. The van der Waals surface area contributed by atoms with E-state index in [-0.39, 0.29) is 40.6 Å². The van der Waals surface area contributed by atoms with Crippen LogP contribution in [0, 0.1) is 5.82 Å². The van der Waals surface area contributed by atoms with Crippen molar-refractivity contribution in [1.29, 1.82) is 0 Å². The molecule has 4 aromatic rings. The first-order chi connectivity index (χ1) is 22.2. The van der Waals surface area contributed by atoms with E-state index in [1.54, 1.807) is 6.07 Å². The number of likely N-dealkylation sites (tertiary alicyclic amines) is 1. The highest BCUT2D eigenvalue weighted by molar-refractivity contribution is 6.31. The van der Waals surface area contributed by atoms with E-state index in [9.17, 15) is 19.5 Å². The Morgan fingerprint density at radius 3 is 2.54 bits per heavy atom. The summed E-state index contributed by atoms with van der Waals surface area (Å²) in [4.78, 5) is 47.3. The summed E-state index contributed by atoms with van der Waals surface area (Å²) in [7, 11) is 2.11. The van der Waals surface area contributed by atoms with Crippen molar-refractivity contribution in [3.8, 4) is 5.69 Å². The lowest BCUT2D eigenvalue weighted by Crippen LogP contribution is -2.44. The fourth-order valence-electron chi connectivity index (χ4n) is 6.35. The predicted molar refractivity (Wildman–Crippen MR) is 167 cm³/mol. The third kappa shape index (κ3) is 6.31. The Morgan fingerprint density at radius 1 is 1.07 bits per heavy atom. The number of fused-ring (bicyclic) bond motifs is 1. The minimum Gasteiger partial charge on any atom is -0.478 e. The molecule has 0 bridgehead atoms. The summed E-state index contributed by atoms with van der Waals surface area (Å²) < 4.78 is 16.5. The van der Waals surface area contributed by atoms with Crippen LogP contribution in [-0.4, -0.2) is 84.4 Å². The molecule has 0 aliphatic carbocycles. The van der Waals surface area contributed by atoms with Crippen molar-refractivity contribution in [1.82, 2.24) is 35.0 Å². The van der Waals surface area contributed by atoms with E-state index >= 15 is 4.39 Å². The number of ketones is 1. The van der Waals surface area contributed by atoms with Crippen LogP contribution in [0.1, 0.15) is 63.1 Å². The molecule has 2 aliphatic rings. The number of nitrogens with zero attached hydrogens (tertiary/aromatic N) is 7. The molecule has 2 aromatic heterocycles. The van der Waals surface area contributed by atoms with Gasteiger partial charge in [-0.15, -0.1) is 5.10 Å². The van der Waals surface area contributed by atoms with Crippen LogP contribution in [0.5, 0.6) is 0 Å². The van der Waals surface area contributed by atoms with Crippen molar-refractivity contribution in [3.63, 3.8) is 0 Å². The fourth-order valence-corrected chi connectivity index (χ4v) is 6.52. The number of hydrogen-bond acceptors (Lipinski definition) is 8. The average molecular weight is 644 g/mol. The highest BCUT2D eigenvalue weighted by Crippen LogP contribution is 2.39. The molecule has 1 fully saturated rings. The molecule has 236 valence electrons. The third-order valence-corrected chi connectivity index (χ3v) is 9.02. The number of carbonyl (C=O) groups excluding carboxylic acids is 2. The molecule has 1 atom stereocenters. The molecule has 13 heteroatoms. The number of amides is 1. The second kappa shape index (κ2) is 13.3. The van der Waals surface area contributed by atoms with Gasteiger partial charge in [-0.1, -0.05) is 29.8 Å². The summed E-state index contributed by atoms with van der Waals surface area (Å²) in [6.07, 6.45) is 7.53. The highest BCUT2D eigenvalue weighted by atomic mass is 35.5. The number of Topliss-reactive ketones (excluding diaryl/α,β-unsaturated/α-hetero) is 1. The smallest absolute Gasteiger partial charge is 0.337 e. The molecule has 1 amide bonds. The first kappa shape index (κ1) is 31.2. The zero-order valence-corrected chi connectivity index (χ0v) is 25.8. The summed E-state index contributed by atoms with van der Waals surface area (Å²) in [5.74, 6) is -2.25. The largest absolute Gasteiger partial charge is 0.478 e. The maximum Gasteiger partial charge on any atom is 0.337 e. The van der Waals surface area contributed by atoms with E-state index in [1.165, 1.54) is 58.0 Å². The van der Waals surface area contributed by atoms with Crippen LogP contribution in [-0.2, 0) is 22.4 Å². The lowest BCUT2D eigenvalue weighted by Gasteiger charge is -2.38. The second-order valence-corrected chi connectivity index (χ2v) is 12.0.